The molecule has 314 valence electrons. The highest BCUT2D eigenvalue weighted by atomic mass is 19.1. The molecule has 2 atom stereocenters. The molecule has 9 rings (SSSR count). The highest BCUT2D eigenvalue weighted by Crippen LogP contribution is 2.47. The van der Waals surface area contributed by atoms with Crippen molar-refractivity contribution < 1.29 is 42.9 Å². The first-order valence-corrected chi connectivity index (χ1v) is 20.6. The average Bonchev–Trinajstić information content (AvgIpc) is 3.80. The number of halogens is 1. The number of cyclic esters (lactones) is 1. The largest absolute Gasteiger partial charge is 0.458 e. The summed E-state index contributed by atoms with van der Waals surface area (Å²) in [5.41, 5.74) is 5.63. The molecular formula is C46H44FN5O9. The molecule has 61 heavy (non-hydrogen) atoms. The fourth-order valence-corrected chi connectivity index (χ4v) is 9.52. The standard InChI is InChI=1S/C46H44FN5O9/c1-3-15-51(39(54)23-59-24-49-38(53)19-48-45(57)61-21-32-29-11-7-5-9-27(29)28-10-6-8-12-30(28)32)36-14-13-25-16-26(47)17-35-40(25)41(36)31-20-52-37(42(31)50-35)18-34-33(43(52)55)22-60-44(56)46(34,58)4-2/h5-12,16-18,32,36,58H,3-4,13-15,19-24H2,1-2H3,(H,48,57)(H,49,53)/t36-,46-/m0/s1. The minimum absolute atomic E-state index is 0.0142. The van der Waals surface area contributed by atoms with Gasteiger partial charge in [0.05, 0.1) is 35.1 Å². The van der Waals surface area contributed by atoms with Crippen LogP contribution in [0.4, 0.5) is 9.18 Å². The van der Waals surface area contributed by atoms with Crippen LogP contribution in [0.15, 0.2) is 71.5 Å². The lowest BCUT2D eigenvalue weighted by Crippen LogP contribution is -2.44. The third-order valence-electron chi connectivity index (χ3n) is 12.4. The summed E-state index contributed by atoms with van der Waals surface area (Å²) in [5, 5.41) is 17.1. The molecule has 2 aliphatic carbocycles. The first-order chi connectivity index (χ1) is 29.5. The topological polar surface area (TPSA) is 178 Å². The monoisotopic (exact) mass is 829 g/mol. The van der Waals surface area contributed by atoms with Gasteiger partial charge in [0.2, 0.25) is 11.8 Å². The first-order valence-electron chi connectivity index (χ1n) is 20.6. The molecule has 14 nitrogen and oxygen atoms in total. The molecule has 0 fully saturated rings. The van der Waals surface area contributed by atoms with Gasteiger partial charge in [0, 0.05) is 35.0 Å². The van der Waals surface area contributed by atoms with Crippen LogP contribution in [-0.2, 0) is 53.8 Å². The molecule has 5 aromatic rings. The predicted molar refractivity (Wildman–Crippen MR) is 220 cm³/mol. The third-order valence-corrected chi connectivity index (χ3v) is 12.4. The molecule has 0 radical (unpaired) electrons. The minimum atomic E-state index is -2.01. The number of aromatic nitrogens is 2. The molecule has 0 saturated heterocycles. The molecule has 3 amide bonds. The summed E-state index contributed by atoms with van der Waals surface area (Å²) in [7, 11) is 0. The number of aliphatic hydroxyl groups is 1. The number of alkyl carbamates (subject to hydrolysis) is 1. The van der Waals surface area contributed by atoms with E-state index < -0.39 is 41.0 Å². The van der Waals surface area contributed by atoms with Gasteiger partial charge in [-0.1, -0.05) is 62.4 Å². The van der Waals surface area contributed by atoms with Crippen molar-refractivity contribution in [2.75, 3.05) is 33.0 Å². The third kappa shape index (κ3) is 6.81. The lowest BCUT2D eigenvalue weighted by atomic mass is 9.82. The molecule has 4 heterocycles. The van der Waals surface area contributed by atoms with E-state index in [1.807, 2.05) is 55.5 Å². The number of aryl methyl sites for hydroxylation is 1. The molecule has 0 spiro atoms. The predicted octanol–water partition coefficient (Wildman–Crippen LogP) is 5.07. The van der Waals surface area contributed by atoms with Gasteiger partial charge >= 0.3 is 12.1 Å². The Morgan fingerprint density at radius 1 is 1.02 bits per heavy atom. The van der Waals surface area contributed by atoms with E-state index in [0.29, 0.717) is 48.3 Å². The number of benzene rings is 3. The number of nitrogens with one attached hydrogen (secondary N) is 2. The van der Waals surface area contributed by atoms with E-state index in [0.717, 1.165) is 38.8 Å². The number of carbonyl (C=O) groups is 4. The van der Waals surface area contributed by atoms with Crippen LogP contribution in [0.2, 0.25) is 0 Å². The normalized spacial score (nSPS) is 18.0. The summed E-state index contributed by atoms with van der Waals surface area (Å²) < 4.78 is 33.0. The molecule has 3 aromatic carbocycles. The van der Waals surface area contributed by atoms with Crippen LogP contribution < -0.4 is 16.2 Å². The van der Waals surface area contributed by atoms with E-state index in [2.05, 4.69) is 10.6 Å². The van der Waals surface area contributed by atoms with Crippen molar-refractivity contribution in [1.29, 1.82) is 0 Å². The Hall–Kier alpha value is -6.45. The molecule has 2 aromatic heterocycles. The molecule has 15 heteroatoms. The summed E-state index contributed by atoms with van der Waals surface area (Å²) in [5.74, 6) is -2.30. The zero-order valence-corrected chi connectivity index (χ0v) is 33.7. The van der Waals surface area contributed by atoms with Crippen LogP contribution in [0, 0.1) is 5.82 Å². The van der Waals surface area contributed by atoms with Gasteiger partial charge in [0.25, 0.3) is 5.56 Å². The number of carbonyl (C=O) groups excluding carboxylic acids is 4. The fourth-order valence-electron chi connectivity index (χ4n) is 9.52. The molecule has 3 N–H and O–H groups in total. The Bertz CT molecular complexity index is 2670. The zero-order valence-electron chi connectivity index (χ0n) is 33.7. The molecule has 0 unspecified atom stereocenters. The van der Waals surface area contributed by atoms with Crippen molar-refractivity contribution in [3.63, 3.8) is 0 Å². The van der Waals surface area contributed by atoms with Crippen molar-refractivity contribution in [2.45, 2.75) is 70.2 Å². The molecule has 4 aliphatic rings. The lowest BCUT2D eigenvalue weighted by Gasteiger charge is -2.37. The van der Waals surface area contributed by atoms with Crippen molar-refractivity contribution in [2.24, 2.45) is 0 Å². The van der Waals surface area contributed by atoms with Crippen molar-refractivity contribution >= 4 is 34.8 Å². The van der Waals surface area contributed by atoms with E-state index in [9.17, 15) is 29.1 Å². The van der Waals surface area contributed by atoms with Crippen LogP contribution in [-0.4, -0.2) is 76.5 Å². The maximum absolute atomic E-state index is 15.1. The number of esters is 1. The SMILES string of the molecule is CCCN(C(=O)COCNC(=O)CNC(=O)OCC1c2ccccc2-c2ccccc21)[C@H]1CCc2cc(F)cc3nc4c(c1c23)Cn1c-4cc2c(c1=O)COC(=O)[C@]2(O)CC. The summed E-state index contributed by atoms with van der Waals surface area (Å²) in [6, 6.07) is 19.9. The number of nitrogens with zero attached hydrogens (tertiary/aromatic N) is 3. The summed E-state index contributed by atoms with van der Waals surface area (Å²) >= 11 is 0. The van der Waals surface area contributed by atoms with Crippen LogP contribution in [0.25, 0.3) is 33.4 Å². The number of rotatable bonds is 12. The average molecular weight is 830 g/mol. The summed E-state index contributed by atoms with van der Waals surface area (Å²) in [4.78, 5) is 72.6. The van der Waals surface area contributed by atoms with Gasteiger partial charge in [-0.05, 0) is 71.2 Å². The second-order valence-electron chi connectivity index (χ2n) is 15.8. The van der Waals surface area contributed by atoms with Gasteiger partial charge in [-0.2, -0.15) is 0 Å². The van der Waals surface area contributed by atoms with Crippen LogP contribution in [0.5, 0.6) is 0 Å². The van der Waals surface area contributed by atoms with Crippen molar-refractivity contribution in [1.82, 2.24) is 25.1 Å². The van der Waals surface area contributed by atoms with Gasteiger partial charge < -0.3 is 39.4 Å². The highest BCUT2D eigenvalue weighted by Gasteiger charge is 2.46. The minimum Gasteiger partial charge on any atom is -0.458 e. The molecular weight excluding hydrogens is 786 g/mol. The maximum atomic E-state index is 15.1. The zero-order chi connectivity index (χ0) is 42.6. The highest BCUT2D eigenvalue weighted by molar-refractivity contribution is 5.93. The van der Waals surface area contributed by atoms with Gasteiger partial charge in [0.1, 0.15) is 38.9 Å². The van der Waals surface area contributed by atoms with E-state index in [1.165, 1.54) is 16.7 Å². The quantitative estimate of drug-likeness (QED) is 0.0857. The van der Waals surface area contributed by atoms with Gasteiger partial charge in [-0.15, -0.1) is 0 Å². The van der Waals surface area contributed by atoms with Gasteiger partial charge in [0.15, 0.2) is 5.60 Å². The number of amides is 3. The number of hydrogen-bond donors (Lipinski definition) is 3. The molecule has 2 aliphatic heterocycles. The maximum Gasteiger partial charge on any atom is 0.407 e. The molecule has 0 bridgehead atoms. The van der Waals surface area contributed by atoms with Crippen LogP contribution in [0.3, 0.4) is 0 Å². The van der Waals surface area contributed by atoms with E-state index in [1.54, 1.807) is 17.9 Å². The van der Waals surface area contributed by atoms with E-state index in [4.69, 9.17) is 19.2 Å². The number of pyridine rings is 2. The van der Waals surface area contributed by atoms with Crippen LogP contribution >= 0.6 is 0 Å². The fraction of sp³-hybridized carbons (Fsp3) is 0.348. The number of ether oxygens (including phenoxy) is 3. The smallest absolute Gasteiger partial charge is 0.407 e. The molecule has 0 saturated carbocycles. The second-order valence-corrected chi connectivity index (χ2v) is 15.8. The Balaban J connectivity index is 0.870. The first kappa shape index (κ1) is 40.0. The van der Waals surface area contributed by atoms with Gasteiger partial charge in [-0.3, -0.25) is 14.4 Å². The Morgan fingerprint density at radius 3 is 2.48 bits per heavy atom. The van der Waals surface area contributed by atoms with Crippen molar-refractivity contribution in [3.8, 4) is 22.5 Å². The summed E-state index contributed by atoms with van der Waals surface area (Å²) in [6.07, 6.45) is 0.794. The van der Waals surface area contributed by atoms with Gasteiger partial charge in [-0.25, -0.2) is 19.0 Å². The second kappa shape index (κ2) is 15.9. The number of fused-ring (bicyclic) bond motifs is 8. The Kier molecular flexibility index (Phi) is 10.4. The van der Waals surface area contributed by atoms with E-state index >= 15 is 4.39 Å². The van der Waals surface area contributed by atoms with E-state index in [-0.39, 0.29) is 69.0 Å². The Morgan fingerprint density at radius 2 is 1.75 bits per heavy atom. The Labute approximate surface area is 349 Å². The lowest BCUT2D eigenvalue weighted by molar-refractivity contribution is -0.172. The van der Waals surface area contributed by atoms with Crippen molar-refractivity contribution in [3.05, 3.63) is 122 Å². The summed E-state index contributed by atoms with van der Waals surface area (Å²) in [6.45, 7) is 2.86. The van der Waals surface area contributed by atoms with Crippen LogP contribution in [0.1, 0.15) is 84.0 Å². The number of hydrogen-bond acceptors (Lipinski definition) is 10.